The van der Waals surface area contributed by atoms with Crippen LogP contribution in [0.5, 0.6) is 0 Å². The van der Waals surface area contributed by atoms with Gasteiger partial charge in [0.1, 0.15) is 6.10 Å². The minimum atomic E-state index is 0. The van der Waals surface area contributed by atoms with Gasteiger partial charge in [0.25, 0.3) is 0 Å². The zero-order valence-corrected chi connectivity index (χ0v) is 17.0. The van der Waals surface area contributed by atoms with E-state index in [1.54, 1.807) is 0 Å². The lowest BCUT2D eigenvalue weighted by Crippen LogP contribution is -2.38. The summed E-state index contributed by atoms with van der Waals surface area (Å²) in [6, 6.07) is 22.7. The van der Waals surface area contributed by atoms with E-state index in [0.717, 1.165) is 25.2 Å². The number of rotatable bonds is 6. The molecule has 0 amide bonds. The number of hydrogen-bond donors (Lipinski definition) is 0. The molecule has 0 N–H and O–H groups in total. The van der Waals surface area contributed by atoms with Gasteiger partial charge in [-0.3, -0.25) is 9.80 Å². The average Bonchev–Trinajstić information content (AvgIpc) is 2.94. The van der Waals surface area contributed by atoms with Crippen LogP contribution in [0.15, 0.2) is 60.7 Å². The highest BCUT2D eigenvalue weighted by molar-refractivity contribution is 5.85. The summed E-state index contributed by atoms with van der Waals surface area (Å²) in [4.78, 5) is 5.21. The Balaban J connectivity index is 0.00000210. The minimum Gasteiger partial charge on any atom is -0.367 e. The summed E-state index contributed by atoms with van der Waals surface area (Å²) in [5.41, 5.74) is 2.46. The van der Waals surface area contributed by atoms with E-state index in [9.17, 15) is 0 Å². The van der Waals surface area contributed by atoms with E-state index < -0.39 is 0 Å². The standard InChI is InChI=1S/C23H30N2O.ClH/c1-24-21-12-13-22(24)18-25(15-14-21)16-17-26-23(19-8-4-2-5-9-19)20-10-6-3-7-11-20;/h2-11,21-23H,12-18H2,1H3;1H. The number of likely N-dealkylation sites (tertiary alicyclic amines) is 1. The number of nitrogens with zero attached hydrogens (tertiary/aromatic N) is 2. The first-order valence-electron chi connectivity index (χ1n) is 9.97. The first kappa shape index (κ1) is 20.3. The fraction of sp³-hybridized carbons (Fsp3) is 0.478. The maximum absolute atomic E-state index is 6.41. The summed E-state index contributed by atoms with van der Waals surface area (Å²) in [6.07, 6.45) is 4.06. The van der Waals surface area contributed by atoms with Crippen LogP contribution in [0, 0.1) is 0 Å². The first-order chi connectivity index (χ1) is 12.8. The molecule has 0 radical (unpaired) electrons. The lowest BCUT2D eigenvalue weighted by molar-refractivity contribution is 0.0579. The molecule has 0 aliphatic carbocycles. The van der Waals surface area contributed by atoms with E-state index in [-0.39, 0.29) is 18.5 Å². The second-order valence-corrected chi connectivity index (χ2v) is 7.71. The molecule has 4 rings (SSSR count). The number of fused-ring (bicyclic) bond motifs is 2. The molecule has 146 valence electrons. The Morgan fingerprint density at radius 3 is 2.11 bits per heavy atom. The molecule has 2 aromatic carbocycles. The highest BCUT2D eigenvalue weighted by Gasteiger charge is 2.34. The van der Waals surface area contributed by atoms with Gasteiger partial charge in [0.15, 0.2) is 0 Å². The van der Waals surface area contributed by atoms with Crippen molar-refractivity contribution < 1.29 is 4.74 Å². The topological polar surface area (TPSA) is 15.7 Å². The fourth-order valence-electron chi connectivity index (χ4n) is 4.52. The van der Waals surface area contributed by atoms with Crippen molar-refractivity contribution in [1.82, 2.24) is 9.80 Å². The van der Waals surface area contributed by atoms with Crippen molar-refractivity contribution in [2.24, 2.45) is 0 Å². The van der Waals surface area contributed by atoms with Crippen molar-refractivity contribution in [3.05, 3.63) is 71.8 Å². The molecule has 2 heterocycles. The van der Waals surface area contributed by atoms with Crippen molar-refractivity contribution in [3.63, 3.8) is 0 Å². The number of ether oxygens (including phenoxy) is 1. The zero-order chi connectivity index (χ0) is 17.8. The Kier molecular flexibility index (Phi) is 7.31. The molecule has 2 unspecified atom stereocenters. The Labute approximate surface area is 169 Å². The maximum Gasteiger partial charge on any atom is 0.108 e. The summed E-state index contributed by atoms with van der Waals surface area (Å²) >= 11 is 0. The van der Waals surface area contributed by atoms with Gasteiger partial charge >= 0.3 is 0 Å². The smallest absolute Gasteiger partial charge is 0.108 e. The lowest BCUT2D eigenvalue weighted by atomic mass is 10.0. The fourth-order valence-corrected chi connectivity index (χ4v) is 4.52. The summed E-state index contributed by atoms with van der Waals surface area (Å²) in [5.74, 6) is 0. The number of hydrogen-bond acceptors (Lipinski definition) is 3. The van der Waals surface area contributed by atoms with E-state index in [2.05, 4.69) is 77.5 Å². The van der Waals surface area contributed by atoms with Crippen LogP contribution in [0.1, 0.15) is 36.5 Å². The van der Waals surface area contributed by atoms with Crippen molar-refractivity contribution in [2.45, 2.75) is 37.5 Å². The van der Waals surface area contributed by atoms with Crippen LogP contribution in [0.2, 0.25) is 0 Å². The van der Waals surface area contributed by atoms with Crippen molar-refractivity contribution in [2.75, 3.05) is 33.3 Å². The third-order valence-corrected chi connectivity index (χ3v) is 6.13. The summed E-state index contributed by atoms with van der Waals surface area (Å²) in [5, 5.41) is 0. The Bertz CT molecular complexity index is 642. The normalized spacial score (nSPS) is 23.2. The van der Waals surface area contributed by atoms with Gasteiger partial charge in [0, 0.05) is 25.2 Å². The molecule has 2 aliphatic heterocycles. The van der Waals surface area contributed by atoms with Crippen LogP contribution in [-0.4, -0.2) is 55.2 Å². The number of halogens is 1. The zero-order valence-electron chi connectivity index (χ0n) is 16.2. The summed E-state index contributed by atoms with van der Waals surface area (Å²) in [6.45, 7) is 4.19. The van der Waals surface area contributed by atoms with Gasteiger partial charge in [0.05, 0.1) is 6.61 Å². The highest BCUT2D eigenvalue weighted by atomic mass is 35.5. The molecule has 0 spiro atoms. The third-order valence-electron chi connectivity index (χ3n) is 6.13. The first-order valence-corrected chi connectivity index (χ1v) is 9.97. The van der Waals surface area contributed by atoms with E-state index in [0.29, 0.717) is 0 Å². The van der Waals surface area contributed by atoms with Crippen LogP contribution < -0.4 is 0 Å². The molecule has 0 aromatic heterocycles. The molecule has 27 heavy (non-hydrogen) atoms. The monoisotopic (exact) mass is 386 g/mol. The molecule has 2 aliphatic rings. The highest BCUT2D eigenvalue weighted by Crippen LogP contribution is 2.29. The van der Waals surface area contributed by atoms with Crippen LogP contribution in [-0.2, 0) is 4.74 Å². The Morgan fingerprint density at radius 2 is 1.48 bits per heavy atom. The van der Waals surface area contributed by atoms with E-state index >= 15 is 0 Å². The largest absolute Gasteiger partial charge is 0.367 e. The van der Waals surface area contributed by atoms with Crippen LogP contribution in [0.3, 0.4) is 0 Å². The van der Waals surface area contributed by atoms with Gasteiger partial charge in [-0.25, -0.2) is 0 Å². The molecule has 3 nitrogen and oxygen atoms in total. The summed E-state index contributed by atoms with van der Waals surface area (Å²) in [7, 11) is 2.31. The molecule has 2 fully saturated rings. The molecule has 4 heteroatoms. The molecular weight excluding hydrogens is 356 g/mol. The molecular formula is C23H31ClN2O. The Hall–Kier alpha value is -1.39. The Morgan fingerprint density at radius 1 is 0.889 bits per heavy atom. The van der Waals surface area contributed by atoms with Gasteiger partial charge in [-0.2, -0.15) is 0 Å². The van der Waals surface area contributed by atoms with Gasteiger partial charge in [0.2, 0.25) is 0 Å². The van der Waals surface area contributed by atoms with Crippen LogP contribution in [0.4, 0.5) is 0 Å². The predicted molar refractivity (Wildman–Crippen MR) is 114 cm³/mol. The van der Waals surface area contributed by atoms with Gasteiger partial charge in [-0.05, 0) is 44.0 Å². The molecule has 2 atom stereocenters. The molecule has 2 bridgehead atoms. The van der Waals surface area contributed by atoms with Gasteiger partial charge in [-0.1, -0.05) is 60.7 Å². The third kappa shape index (κ3) is 4.91. The summed E-state index contributed by atoms with van der Waals surface area (Å²) < 4.78 is 6.41. The number of likely N-dealkylation sites (N-methyl/N-ethyl adjacent to an activating group) is 1. The average molecular weight is 387 g/mol. The van der Waals surface area contributed by atoms with E-state index in [1.165, 1.54) is 43.5 Å². The SMILES string of the molecule is CN1C2CCC1CN(CCOC(c1ccccc1)c1ccccc1)CC2.Cl. The quantitative estimate of drug-likeness (QED) is 0.732. The minimum absolute atomic E-state index is 0. The molecule has 2 aromatic rings. The van der Waals surface area contributed by atoms with E-state index in [4.69, 9.17) is 4.74 Å². The second kappa shape index (κ2) is 9.70. The maximum atomic E-state index is 6.41. The predicted octanol–water partition coefficient (Wildman–Crippen LogP) is 4.38. The number of benzene rings is 2. The van der Waals surface area contributed by atoms with Gasteiger partial charge in [-0.15, -0.1) is 12.4 Å². The molecule has 2 saturated heterocycles. The van der Waals surface area contributed by atoms with Crippen molar-refractivity contribution >= 4 is 12.4 Å². The lowest BCUT2D eigenvalue weighted by Gasteiger charge is -2.26. The van der Waals surface area contributed by atoms with E-state index in [1.807, 2.05) is 0 Å². The van der Waals surface area contributed by atoms with Crippen LogP contribution in [0.25, 0.3) is 0 Å². The second-order valence-electron chi connectivity index (χ2n) is 7.71. The van der Waals surface area contributed by atoms with Crippen molar-refractivity contribution in [3.8, 4) is 0 Å². The van der Waals surface area contributed by atoms with Gasteiger partial charge < -0.3 is 4.74 Å². The van der Waals surface area contributed by atoms with Crippen LogP contribution >= 0.6 is 12.4 Å². The molecule has 0 saturated carbocycles. The van der Waals surface area contributed by atoms with Crippen molar-refractivity contribution in [1.29, 1.82) is 0 Å².